The maximum Gasteiger partial charge on any atom is 0.257 e. The zero-order valence-electron chi connectivity index (χ0n) is 15.1. The Morgan fingerprint density at radius 1 is 0.964 bits per heavy atom. The van der Waals surface area contributed by atoms with Gasteiger partial charge in [0.1, 0.15) is 5.52 Å². The Kier molecular flexibility index (Phi) is 4.87. The highest BCUT2D eigenvalue weighted by atomic mass is 32.1. The molecule has 1 aromatic heterocycles. The van der Waals surface area contributed by atoms with Crippen LogP contribution in [0.1, 0.15) is 15.9 Å². The van der Waals surface area contributed by atoms with E-state index in [9.17, 15) is 4.79 Å². The first-order valence-electron chi connectivity index (χ1n) is 8.75. The molecule has 1 heterocycles. The van der Waals surface area contributed by atoms with Gasteiger partial charge in [-0.25, -0.2) is 4.98 Å². The fourth-order valence-electron chi connectivity index (χ4n) is 2.91. The second kappa shape index (κ2) is 7.62. The van der Waals surface area contributed by atoms with Crippen molar-refractivity contribution in [3.63, 3.8) is 0 Å². The molecule has 0 bridgehead atoms. The molecule has 0 atom stereocenters. The van der Waals surface area contributed by atoms with E-state index in [1.54, 1.807) is 24.3 Å². The number of carbonyl (C=O) groups excluding carboxylic acids is 1. The first kappa shape index (κ1) is 17.9. The third kappa shape index (κ3) is 3.63. The standard InChI is InChI=1S/C22H17N3O2S/c1-14-16(21-23-18-11-5-6-13-19(18)27-21)10-7-12-17(14)24-22(28)25-20(26)15-8-3-2-4-9-15/h2-13H,1H3,(H2,24,25,26,28). The number of thiocarbonyl (C=S) groups is 1. The number of carbonyl (C=O) groups is 1. The highest BCUT2D eigenvalue weighted by molar-refractivity contribution is 7.80. The fraction of sp³-hybridized carbons (Fsp3) is 0.0455. The van der Waals surface area contributed by atoms with Gasteiger partial charge in [0, 0.05) is 16.8 Å². The van der Waals surface area contributed by atoms with Gasteiger partial charge in [0.2, 0.25) is 5.89 Å². The van der Waals surface area contributed by atoms with E-state index in [2.05, 4.69) is 15.6 Å². The highest BCUT2D eigenvalue weighted by Gasteiger charge is 2.14. The number of oxazole rings is 1. The number of benzene rings is 3. The number of amides is 1. The average Bonchev–Trinajstić information content (AvgIpc) is 3.14. The van der Waals surface area contributed by atoms with Crippen molar-refractivity contribution in [2.45, 2.75) is 6.92 Å². The van der Waals surface area contributed by atoms with Gasteiger partial charge in [-0.05, 0) is 61.1 Å². The van der Waals surface area contributed by atoms with Gasteiger partial charge in [0.05, 0.1) is 0 Å². The van der Waals surface area contributed by atoms with Crippen LogP contribution >= 0.6 is 12.2 Å². The summed E-state index contributed by atoms with van der Waals surface area (Å²) >= 11 is 5.30. The number of anilines is 1. The van der Waals surface area contributed by atoms with Crippen LogP contribution in [0.4, 0.5) is 5.69 Å². The zero-order chi connectivity index (χ0) is 19.5. The van der Waals surface area contributed by atoms with Gasteiger partial charge in [-0.3, -0.25) is 10.1 Å². The van der Waals surface area contributed by atoms with Crippen molar-refractivity contribution in [1.29, 1.82) is 0 Å². The number of para-hydroxylation sites is 2. The lowest BCUT2D eigenvalue weighted by Crippen LogP contribution is -2.34. The lowest BCUT2D eigenvalue weighted by atomic mass is 10.1. The van der Waals surface area contributed by atoms with E-state index < -0.39 is 0 Å². The molecule has 0 spiro atoms. The summed E-state index contributed by atoms with van der Waals surface area (Å²) in [7, 11) is 0. The third-order valence-electron chi connectivity index (χ3n) is 4.37. The summed E-state index contributed by atoms with van der Waals surface area (Å²) in [5.41, 5.74) is 4.65. The SMILES string of the molecule is Cc1c(NC(=S)NC(=O)c2ccccc2)cccc1-c1nc2ccccc2o1. The van der Waals surface area contributed by atoms with Crippen LogP contribution in [-0.4, -0.2) is 16.0 Å². The molecule has 4 aromatic rings. The molecule has 0 aliphatic rings. The molecule has 28 heavy (non-hydrogen) atoms. The van der Waals surface area contributed by atoms with E-state index in [-0.39, 0.29) is 11.0 Å². The predicted octanol–water partition coefficient (Wildman–Crippen LogP) is 4.93. The molecular formula is C22H17N3O2S. The van der Waals surface area contributed by atoms with Gasteiger partial charge in [0.25, 0.3) is 5.91 Å². The van der Waals surface area contributed by atoms with Crippen molar-refractivity contribution in [1.82, 2.24) is 10.3 Å². The van der Waals surface area contributed by atoms with Gasteiger partial charge in [-0.15, -0.1) is 0 Å². The van der Waals surface area contributed by atoms with Gasteiger partial charge >= 0.3 is 0 Å². The van der Waals surface area contributed by atoms with Gasteiger partial charge in [0.15, 0.2) is 10.7 Å². The van der Waals surface area contributed by atoms with Crippen molar-refractivity contribution in [3.05, 3.63) is 83.9 Å². The largest absolute Gasteiger partial charge is 0.436 e. The first-order chi connectivity index (χ1) is 13.6. The maximum atomic E-state index is 12.3. The van der Waals surface area contributed by atoms with Crippen LogP contribution < -0.4 is 10.6 Å². The molecule has 0 unspecified atom stereocenters. The first-order valence-corrected chi connectivity index (χ1v) is 9.15. The number of nitrogens with zero attached hydrogens (tertiary/aromatic N) is 1. The Hall–Kier alpha value is -3.51. The topological polar surface area (TPSA) is 67.2 Å². The van der Waals surface area contributed by atoms with E-state index in [1.807, 2.05) is 55.5 Å². The second-order valence-electron chi connectivity index (χ2n) is 6.24. The molecule has 0 radical (unpaired) electrons. The summed E-state index contributed by atoms with van der Waals surface area (Å²) in [5.74, 6) is 0.285. The van der Waals surface area contributed by atoms with Crippen LogP contribution in [0.15, 0.2) is 77.2 Å². The van der Waals surface area contributed by atoms with Crippen LogP contribution in [0, 0.1) is 6.92 Å². The highest BCUT2D eigenvalue weighted by Crippen LogP contribution is 2.30. The van der Waals surface area contributed by atoms with E-state index in [4.69, 9.17) is 16.6 Å². The van der Waals surface area contributed by atoms with Crippen LogP contribution in [0.25, 0.3) is 22.6 Å². The van der Waals surface area contributed by atoms with Crippen LogP contribution in [0.5, 0.6) is 0 Å². The second-order valence-corrected chi connectivity index (χ2v) is 6.65. The molecule has 0 fully saturated rings. The molecule has 5 nitrogen and oxygen atoms in total. The zero-order valence-corrected chi connectivity index (χ0v) is 15.9. The summed E-state index contributed by atoms with van der Waals surface area (Å²) in [5, 5.41) is 6.01. The number of hydrogen-bond donors (Lipinski definition) is 2. The smallest absolute Gasteiger partial charge is 0.257 e. The summed E-state index contributed by atoms with van der Waals surface area (Å²) in [6, 6.07) is 22.3. The molecule has 0 saturated heterocycles. The summed E-state index contributed by atoms with van der Waals surface area (Å²) in [6.07, 6.45) is 0. The molecule has 4 rings (SSSR count). The van der Waals surface area contributed by atoms with E-state index in [0.29, 0.717) is 11.5 Å². The number of hydrogen-bond acceptors (Lipinski definition) is 4. The minimum atomic E-state index is -0.258. The van der Waals surface area contributed by atoms with Gasteiger partial charge in [-0.1, -0.05) is 36.4 Å². The van der Waals surface area contributed by atoms with Crippen molar-refractivity contribution in [2.75, 3.05) is 5.32 Å². The molecule has 6 heteroatoms. The third-order valence-corrected chi connectivity index (χ3v) is 4.57. The van der Waals surface area contributed by atoms with Gasteiger partial charge < -0.3 is 9.73 Å². The van der Waals surface area contributed by atoms with E-state index >= 15 is 0 Å². The van der Waals surface area contributed by atoms with Gasteiger partial charge in [-0.2, -0.15) is 0 Å². The Bertz CT molecular complexity index is 1140. The summed E-state index contributed by atoms with van der Waals surface area (Å²) in [4.78, 5) is 16.8. The summed E-state index contributed by atoms with van der Waals surface area (Å²) in [6.45, 7) is 1.95. The minimum Gasteiger partial charge on any atom is -0.436 e. The van der Waals surface area contributed by atoms with Crippen molar-refractivity contribution in [3.8, 4) is 11.5 Å². The molecule has 0 aliphatic heterocycles. The molecule has 3 aromatic carbocycles. The van der Waals surface area contributed by atoms with Crippen LogP contribution in [0.3, 0.4) is 0 Å². The fourth-order valence-corrected chi connectivity index (χ4v) is 3.11. The quantitative estimate of drug-likeness (QED) is 0.488. The Morgan fingerprint density at radius 3 is 2.50 bits per heavy atom. The van der Waals surface area contributed by atoms with Crippen molar-refractivity contribution < 1.29 is 9.21 Å². The molecule has 0 saturated carbocycles. The Balaban J connectivity index is 1.55. The number of rotatable bonds is 3. The minimum absolute atomic E-state index is 0.228. The van der Waals surface area contributed by atoms with Crippen LogP contribution in [-0.2, 0) is 0 Å². The van der Waals surface area contributed by atoms with Crippen LogP contribution in [0.2, 0.25) is 0 Å². The molecular weight excluding hydrogens is 370 g/mol. The number of fused-ring (bicyclic) bond motifs is 1. The lowest BCUT2D eigenvalue weighted by Gasteiger charge is -2.13. The molecule has 2 N–H and O–H groups in total. The molecule has 1 amide bonds. The average molecular weight is 387 g/mol. The lowest BCUT2D eigenvalue weighted by molar-refractivity contribution is 0.0977. The van der Waals surface area contributed by atoms with E-state index in [0.717, 1.165) is 27.9 Å². The van der Waals surface area contributed by atoms with E-state index in [1.165, 1.54) is 0 Å². The summed E-state index contributed by atoms with van der Waals surface area (Å²) < 4.78 is 5.88. The molecule has 0 aliphatic carbocycles. The number of nitrogens with one attached hydrogen (secondary N) is 2. The maximum absolute atomic E-state index is 12.3. The Labute approximate surface area is 167 Å². The normalized spacial score (nSPS) is 10.6. The predicted molar refractivity (Wildman–Crippen MR) is 114 cm³/mol. The van der Waals surface area contributed by atoms with Crippen molar-refractivity contribution >= 4 is 40.0 Å². The molecule has 138 valence electrons. The Morgan fingerprint density at radius 2 is 1.71 bits per heavy atom. The number of aromatic nitrogens is 1. The van der Waals surface area contributed by atoms with Crippen molar-refractivity contribution in [2.24, 2.45) is 0 Å². The monoisotopic (exact) mass is 387 g/mol.